The first-order valence-electron chi connectivity index (χ1n) is 13.0. The van der Waals surface area contributed by atoms with Crippen LogP contribution in [0.15, 0.2) is 91.0 Å². The van der Waals surface area contributed by atoms with Crippen molar-refractivity contribution in [2.24, 2.45) is 0 Å². The number of hydrogen-bond donors (Lipinski definition) is 1. The van der Waals surface area contributed by atoms with Gasteiger partial charge in [0.05, 0.1) is 19.7 Å². The van der Waals surface area contributed by atoms with E-state index in [9.17, 15) is 5.11 Å². The molecular weight excluding hydrogens is 508 g/mol. The van der Waals surface area contributed by atoms with E-state index in [-0.39, 0.29) is 0 Å². The molecule has 200 valence electrons. The monoisotopic (exact) mass is 540 g/mol. The zero-order chi connectivity index (χ0) is 27.6. The third-order valence-electron chi connectivity index (χ3n) is 7.42. The van der Waals surface area contributed by atoms with E-state index in [0.29, 0.717) is 35.1 Å². The Bertz CT molecular complexity index is 1600. The lowest BCUT2D eigenvalue weighted by atomic mass is 9.71. The lowest BCUT2D eigenvalue weighted by Gasteiger charge is -2.39. The number of methoxy groups -OCH3 is 2. The summed E-state index contributed by atoms with van der Waals surface area (Å²) in [4.78, 5) is 6.87. The molecule has 1 aromatic heterocycles. The van der Waals surface area contributed by atoms with Gasteiger partial charge in [0.2, 0.25) is 0 Å². The standard InChI is InChI=1S/C33H33ClN2O3/c1-36(2)18-17-33(37,27-16-10-14-22-11-8-9-15-25(22)27)31(23-12-6-5-7-13-23)26-19-24-20-29(38-3)30(39-4)21-28(24)35-32(26)34/h5-16,19-21,31,37H,17-18H2,1-4H3. The summed E-state index contributed by atoms with van der Waals surface area (Å²) in [6, 6.07) is 30.1. The van der Waals surface area contributed by atoms with Gasteiger partial charge in [-0.2, -0.15) is 0 Å². The Labute approximate surface area is 234 Å². The maximum atomic E-state index is 13.0. The summed E-state index contributed by atoms with van der Waals surface area (Å²) in [5.74, 6) is 0.689. The molecule has 5 rings (SSSR count). The van der Waals surface area contributed by atoms with Crippen molar-refractivity contribution in [3.63, 3.8) is 0 Å². The van der Waals surface area contributed by atoms with Crippen LogP contribution < -0.4 is 9.47 Å². The Balaban J connectivity index is 1.81. The second kappa shape index (κ2) is 11.2. The molecular formula is C33H33ClN2O3. The Morgan fingerprint density at radius 1 is 0.846 bits per heavy atom. The first-order chi connectivity index (χ1) is 18.9. The van der Waals surface area contributed by atoms with Crippen LogP contribution in [0.3, 0.4) is 0 Å². The largest absolute Gasteiger partial charge is 0.493 e. The summed E-state index contributed by atoms with van der Waals surface area (Å²) in [7, 11) is 7.25. The van der Waals surface area contributed by atoms with E-state index < -0.39 is 11.5 Å². The minimum atomic E-state index is -1.30. The Kier molecular flexibility index (Phi) is 7.76. The molecule has 0 radical (unpaired) electrons. The zero-order valence-electron chi connectivity index (χ0n) is 22.7. The van der Waals surface area contributed by atoms with E-state index in [1.807, 2.05) is 86.9 Å². The molecule has 0 bridgehead atoms. The molecule has 4 aromatic carbocycles. The SMILES string of the molecule is COc1cc2cc(C(c3ccccc3)C(O)(CCN(C)C)c3cccc4ccccc34)c(Cl)nc2cc1OC. The Morgan fingerprint density at radius 2 is 1.51 bits per heavy atom. The van der Waals surface area contributed by atoms with Gasteiger partial charge in [0, 0.05) is 29.5 Å². The number of nitrogens with zero attached hydrogens (tertiary/aromatic N) is 2. The molecule has 0 amide bonds. The average Bonchev–Trinajstić information content (AvgIpc) is 2.96. The second-order valence-corrected chi connectivity index (χ2v) is 10.5. The van der Waals surface area contributed by atoms with Gasteiger partial charge in [-0.1, -0.05) is 84.4 Å². The summed E-state index contributed by atoms with van der Waals surface area (Å²) in [6.07, 6.45) is 0.480. The summed E-state index contributed by atoms with van der Waals surface area (Å²) >= 11 is 6.99. The molecule has 39 heavy (non-hydrogen) atoms. The maximum absolute atomic E-state index is 13.0. The van der Waals surface area contributed by atoms with Crippen LogP contribution in [-0.2, 0) is 5.60 Å². The van der Waals surface area contributed by atoms with Gasteiger partial charge in [-0.15, -0.1) is 0 Å². The zero-order valence-corrected chi connectivity index (χ0v) is 23.4. The number of aromatic nitrogens is 1. The van der Waals surface area contributed by atoms with E-state index in [1.54, 1.807) is 14.2 Å². The van der Waals surface area contributed by atoms with Crippen molar-refractivity contribution in [2.75, 3.05) is 34.9 Å². The maximum Gasteiger partial charge on any atom is 0.162 e. The van der Waals surface area contributed by atoms with Crippen LogP contribution in [0.5, 0.6) is 11.5 Å². The van der Waals surface area contributed by atoms with Gasteiger partial charge in [-0.3, -0.25) is 0 Å². The number of fused-ring (bicyclic) bond motifs is 2. The number of halogens is 1. The van der Waals surface area contributed by atoms with Crippen molar-refractivity contribution in [1.29, 1.82) is 0 Å². The minimum Gasteiger partial charge on any atom is -0.493 e. The van der Waals surface area contributed by atoms with Gasteiger partial charge in [0.15, 0.2) is 11.5 Å². The smallest absolute Gasteiger partial charge is 0.162 e. The number of benzene rings is 4. The van der Waals surface area contributed by atoms with Crippen LogP contribution >= 0.6 is 11.6 Å². The van der Waals surface area contributed by atoms with E-state index in [1.165, 1.54) is 0 Å². The second-order valence-electron chi connectivity index (χ2n) is 10.1. The summed E-state index contributed by atoms with van der Waals surface area (Å²) in [5.41, 5.74) is 1.95. The van der Waals surface area contributed by atoms with E-state index in [4.69, 9.17) is 26.1 Å². The van der Waals surface area contributed by atoms with Crippen LogP contribution in [-0.4, -0.2) is 49.9 Å². The van der Waals surface area contributed by atoms with Crippen LogP contribution in [0.1, 0.15) is 29.0 Å². The third kappa shape index (κ3) is 5.18. The van der Waals surface area contributed by atoms with Crippen molar-refractivity contribution in [2.45, 2.75) is 17.9 Å². The summed E-state index contributed by atoms with van der Waals surface area (Å²) in [5, 5.41) is 16.3. The Morgan fingerprint density at radius 3 is 2.23 bits per heavy atom. The van der Waals surface area contributed by atoms with E-state index in [0.717, 1.165) is 32.8 Å². The van der Waals surface area contributed by atoms with E-state index >= 15 is 0 Å². The molecule has 0 saturated carbocycles. The highest BCUT2D eigenvalue weighted by Gasteiger charge is 2.42. The number of aliphatic hydroxyl groups is 1. The van der Waals surface area contributed by atoms with Gasteiger partial charge in [0.1, 0.15) is 10.8 Å². The molecule has 0 fully saturated rings. The molecule has 0 aliphatic carbocycles. The summed E-state index contributed by atoms with van der Waals surface area (Å²) in [6.45, 7) is 0.673. The fraction of sp³-hybridized carbons (Fsp3) is 0.242. The van der Waals surface area contributed by atoms with Crippen molar-refractivity contribution in [1.82, 2.24) is 9.88 Å². The van der Waals surface area contributed by atoms with E-state index in [2.05, 4.69) is 23.1 Å². The minimum absolute atomic E-state index is 0.340. The molecule has 1 N–H and O–H groups in total. The van der Waals surface area contributed by atoms with Crippen molar-refractivity contribution < 1.29 is 14.6 Å². The van der Waals surface area contributed by atoms with Gasteiger partial charge in [-0.25, -0.2) is 4.98 Å². The lowest BCUT2D eigenvalue weighted by molar-refractivity contribution is 0.00586. The van der Waals surface area contributed by atoms with Crippen LogP contribution in [0.4, 0.5) is 0 Å². The first-order valence-corrected chi connectivity index (χ1v) is 13.4. The van der Waals surface area contributed by atoms with Gasteiger partial charge in [0.25, 0.3) is 0 Å². The molecule has 0 aliphatic heterocycles. The first kappa shape index (κ1) is 26.9. The quantitative estimate of drug-likeness (QED) is 0.203. The molecule has 2 atom stereocenters. The third-order valence-corrected chi connectivity index (χ3v) is 7.72. The van der Waals surface area contributed by atoms with Gasteiger partial charge < -0.3 is 19.5 Å². The highest BCUT2D eigenvalue weighted by Crippen LogP contribution is 2.48. The van der Waals surface area contributed by atoms with Gasteiger partial charge in [-0.05, 0) is 54.5 Å². The fourth-order valence-electron chi connectivity index (χ4n) is 5.49. The lowest BCUT2D eigenvalue weighted by Crippen LogP contribution is -2.38. The number of rotatable bonds is 9. The number of hydrogen-bond acceptors (Lipinski definition) is 5. The molecule has 0 aliphatic rings. The molecule has 5 aromatic rings. The Hall–Kier alpha value is -3.64. The molecule has 2 unspecified atom stereocenters. The van der Waals surface area contributed by atoms with Crippen molar-refractivity contribution in [3.8, 4) is 11.5 Å². The molecule has 0 saturated heterocycles. The topological polar surface area (TPSA) is 54.8 Å². The molecule has 6 heteroatoms. The molecule has 5 nitrogen and oxygen atoms in total. The van der Waals surface area contributed by atoms with Crippen LogP contribution in [0.25, 0.3) is 21.7 Å². The average molecular weight is 541 g/mol. The van der Waals surface area contributed by atoms with Crippen LogP contribution in [0.2, 0.25) is 5.15 Å². The van der Waals surface area contributed by atoms with Crippen LogP contribution in [0, 0.1) is 0 Å². The molecule has 1 heterocycles. The normalized spacial score (nSPS) is 13.9. The molecule has 0 spiro atoms. The fourth-order valence-corrected chi connectivity index (χ4v) is 5.74. The highest BCUT2D eigenvalue weighted by molar-refractivity contribution is 6.30. The summed E-state index contributed by atoms with van der Waals surface area (Å²) < 4.78 is 11.1. The van der Waals surface area contributed by atoms with Crippen molar-refractivity contribution >= 4 is 33.3 Å². The predicted octanol–water partition coefficient (Wildman–Crippen LogP) is 7.03. The number of pyridine rings is 1. The number of ether oxygens (including phenoxy) is 2. The highest BCUT2D eigenvalue weighted by atomic mass is 35.5. The van der Waals surface area contributed by atoms with Gasteiger partial charge >= 0.3 is 0 Å². The van der Waals surface area contributed by atoms with Crippen molar-refractivity contribution in [3.05, 3.63) is 113 Å². The predicted molar refractivity (Wildman–Crippen MR) is 159 cm³/mol.